The Balaban J connectivity index is 2.45. The number of nitrogens with zero attached hydrogens (tertiary/aromatic N) is 2. The zero-order valence-corrected chi connectivity index (χ0v) is 14.5. The first-order valence-electron chi connectivity index (χ1n) is 7.24. The lowest BCUT2D eigenvalue weighted by molar-refractivity contribution is 0.0507. The molecular weight excluding hydrogens is 306 g/mol. The van der Waals surface area contributed by atoms with Crippen LogP contribution >= 0.6 is 11.6 Å². The van der Waals surface area contributed by atoms with E-state index < -0.39 is 11.7 Å². The molecule has 1 unspecified atom stereocenters. The number of halogens is 1. The monoisotopic (exact) mass is 329 g/mol. The number of rotatable bonds is 6. The Morgan fingerprint density at radius 1 is 1.32 bits per heavy atom. The van der Waals surface area contributed by atoms with Crippen LogP contribution in [0, 0.1) is 11.8 Å². The number of hydrogen-bond acceptors (Lipinski definition) is 5. The predicted molar refractivity (Wildman–Crippen MR) is 85.1 cm³/mol. The Morgan fingerprint density at radius 3 is 2.41 bits per heavy atom. The summed E-state index contributed by atoms with van der Waals surface area (Å²) < 4.78 is 10.9. The van der Waals surface area contributed by atoms with Gasteiger partial charge in [-0.3, -0.25) is 0 Å². The summed E-state index contributed by atoms with van der Waals surface area (Å²) in [5.41, 5.74) is -0.505. The van der Waals surface area contributed by atoms with Crippen molar-refractivity contribution in [2.45, 2.75) is 40.2 Å². The van der Waals surface area contributed by atoms with Crippen molar-refractivity contribution in [3.63, 3.8) is 0 Å². The molecule has 1 heterocycles. The lowest BCUT2D eigenvalue weighted by Crippen LogP contribution is -2.38. The molecule has 0 aromatic carbocycles. The fourth-order valence-electron chi connectivity index (χ4n) is 1.59. The summed E-state index contributed by atoms with van der Waals surface area (Å²) in [6, 6.07) is 0. The number of carbonyl (C=O) groups is 1. The van der Waals surface area contributed by atoms with Crippen LogP contribution < -0.4 is 10.1 Å². The first-order chi connectivity index (χ1) is 10.2. The normalized spacial score (nSPS) is 12.9. The van der Waals surface area contributed by atoms with Gasteiger partial charge in [-0.25, -0.2) is 14.8 Å². The van der Waals surface area contributed by atoms with Crippen LogP contribution in [0.15, 0.2) is 12.4 Å². The van der Waals surface area contributed by atoms with Crippen LogP contribution in [0.5, 0.6) is 5.75 Å². The van der Waals surface area contributed by atoms with Crippen LogP contribution in [-0.2, 0) is 4.74 Å². The van der Waals surface area contributed by atoms with Crippen molar-refractivity contribution in [2.24, 2.45) is 11.8 Å². The molecule has 0 fully saturated rings. The minimum atomic E-state index is -0.505. The topological polar surface area (TPSA) is 73.3 Å². The fraction of sp³-hybridized carbons (Fsp3) is 0.667. The van der Waals surface area contributed by atoms with E-state index in [1.165, 1.54) is 12.4 Å². The second-order valence-corrected chi connectivity index (χ2v) is 6.72. The van der Waals surface area contributed by atoms with Gasteiger partial charge in [-0.05, 0) is 38.3 Å². The van der Waals surface area contributed by atoms with E-state index in [2.05, 4.69) is 29.1 Å². The van der Waals surface area contributed by atoms with E-state index in [1.54, 1.807) is 0 Å². The molecular formula is C15H24ClN3O3. The van der Waals surface area contributed by atoms with Gasteiger partial charge in [0.15, 0.2) is 5.75 Å². The van der Waals surface area contributed by atoms with Crippen molar-refractivity contribution in [2.75, 3.05) is 13.2 Å². The van der Waals surface area contributed by atoms with Crippen molar-refractivity contribution < 1.29 is 14.3 Å². The molecule has 0 aliphatic heterocycles. The molecule has 1 aromatic rings. The molecule has 22 heavy (non-hydrogen) atoms. The quantitative estimate of drug-likeness (QED) is 0.810. The molecule has 1 atom stereocenters. The number of alkyl carbamates (subject to hydrolysis) is 1. The van der Waals surface area contributed by atoms with Gasteiger partial charge in [0.25, 0.3) is 0 Å². The maximum Gasteiger partial charge on any atom is 0.407 e. The molecule has 124 valence electrons. The molecule has 1 aromatic heterocycles. The van der Waals surface area contributed by atoms with Gasteiger partial charge in [-0.2, -0.15) is 0 Å². The smallest absolute Gasteiger partial charge is 0.407 e. The molecule has 0 radical (unpaired) electrons. The molecule has 1 rings (SSSR count). The first kappa shape index (κ1) is 18.5. The number of hydrogen-bond donors (Lipinski definition) is 1. The molecule has 7 heteroatoms. The van der Waals surface area contributed by atoms with Crippen LogP contribution in [0.25, 0.3) is 0 Å². The van der Waals surface area contributed by atoms with E-state index in [9.17, 15) is 4.79 Å². The van der Waals surface area contributed by atoms with E-state index in [1.807, 2.05) is 20.8 Å². The third-order valence-electron chi connectivity index (χ3n) is 2.91. The van der Waals surface area contributed by atoms with Crippen LogP contribution in [0.3, 0.4) is 0 Å². The highest BCUT2D eigenvalue weighted by atomic mass is 35.5. The predicted octanol–water partition coefficient (Wildman–Crippen LogP) is 3.31. The third-order valence-corrected chi connectivity index (χ3v) is 3.11. The Morgan fingerprint density at radius 2 is 1.91 bits per heavy atom. The van der Waals surface area contributed by atoms with Gasteiger partial charge >= 0.3 is 6.09 Å². The SMILES string of the molecule is CC(C)C(CNC(=O)OC(C)(C)C)COc1cnc(Cl)nc1. The van der Waals surface area contributed by atoms with Gasteiger partial charge < -0.3 is 14.8 Å². The number of ether oxygens (including phenoxy) is 2. The van der Waals surface area contributed by atoms with Gasteiger partial charge in [-0.15, -0.1) is 0 Å². The average molecular weight is 330 g/mol. The molecule has 0 saturated heterocycles. The minimum absolute atomic E-state index is 0.142. The number of amides is 1. The summed E-state index contributed by atoms with van der Waals surface area (Å²) in [5, 5.41) is 2.95. The average Bonchev–Trinajstić information content (AvgIpc) is 2.38. The zero-order valence-electron chi connectivity index (χ0n) is 13.7. The van der Waals surface area contributed by atoms with E-state index in [0.717, 1.165) is 0 Å². The summed E-state index contributed by atoms with van der Waals surface area (Å²) in [4.78, 5) is 19.4. The van der Waals surface area contributed by atoms with Gasteiger partial charge in [0.2, 0.25) is 5.28 Å². The van der Waals surface area contributed by atoms with Crippen LogP contribution in [-0.4, -0.2) is 34.8 Å². The Kier molecular flexibility index (Phi) is 6.87. The fourth-order valence-corrected chi connectivity index (χ4v) is 1.69. The van der Waals surface area contributed by atoms with E-state index >= 15 is 0 Å². The van der Waals surface area contributed by atoms with Crippen molar-refractivity contribution in [3.8, 4) is 5.75 Å². The van der Waals surface area contributed by atoms with Gasteiger partial charge in [0, 0.05) is 12.5 Å². The molecule has 0 saturated carbocycles. The second-order valence-electron chi connectivity index (χ2n) is 6.39. The van der Waals surface area contributed by atoms with Crippen LogP contribution in [0.4, 0.5) is 4.79 Å². The van der Waals surface area contributed by atoms with E-state index in [-0.39, 0.29) is 11.2 Å². The summed E-state index contributed by atoms with van der Waals surface area (Å²) in [6.45, 7) is 10.5. The van der Waals surface area contributed by atoms with Gasteiger partial charge in [0.05, 0.1) is 19.0 Å². The standard InChI is InChI=1S/C15H24ClN3O3/c1-10(2)11(6-19-14(20)22-15(3,4)5)9-21-12-7-17-13(16)18-8-12/h7-8,10-11H,6,9H2,1-5H3,(H,19,20). The maximum absolute atomic E-state index is 11.7. The zero-order chi connectivity index (χ0) is 16.8. The minimum Gasteiger partial charge on any atom is -0.490 e. The summed E-state index contributed by atoms with van der Waals surface area (Å²) in [6.07, 6.45) is 2.62. The number of aromatic nitrogens is 2. The summed E-state index contributed by atoms with van der Waals surface area (Å²) in [5.74, 6) is 1.03. The van der Waals surface area contributed by atoms with E-state index in [0.29, 0.717) is 24.8 Å². The van der Waals surface area contributed by atoms with Crippen molar-refractivity contribution in [1.82, 2.24) is 15.3 Å². The molecule has 0 aliphatic rings. The van der Waals surface area contributed by atoms with Crippen molar-refractivity contribution in [3.05, 3.63) is 17.7 Å². The highest BCUT2D eigenvalue weighted by Gasteiger charge is 2.19. The first-order valence-corrected chi connectivity index (χ1v) is 7.62. The Bertz CT molecular complexity index is 472. The highest BCUT2D eigenvalue weighted by molar-refractivity contribution is 6.28. The van der Waals surface area contributed by atoms with E-state index in [4.69, 9.17) is 21.1 Å². The molecule has 6 nitrogen and oxygen atoms in total. The largest absolute Gasteiger partial charge is 0.490 e. The lowest BCUT2D eigenvalue weighted by Gasteiger charge is -2.24. The Labute approximate surface area is 136 Å². The second kappa shape index (κ2) is 8.17. The summed E-state index contributed by atoms with van der Waals surface area (Å²) in [7, 11) is 0. The highest BCUT2D eigenvalue weighted by Crippen LogP contribution is 2.15. The molecule has 0 aliphatic carbocycles. The van der Waals surface area contributed by atoms with Crippen LogP contribution in [0.2, 0.25) is 5.28 Å². The maximum atomic E-state index is 11.7. The molecule has 1 N–H and O–H groups in total. The van der Waals surface area contributed by atoms with Crippen LogP contribution in [0.1, 0.15) is 34.6 Å². The lowest BCUT2D eigenvalue weighted by atomic mass is 9.97. The Hall–Kier alpha value is -1.56. The number of carbonyl (C=O) groups excluding carboxylic acids is 1. The molecule has 0 spiro atoms. The summed E-state index contributed by atoms with van der Waals surface area (Å²) >= 11 is 5.62. The number of nitrogens with one attached hydrogen (secondary N) is 1. The van der Waals surface area contributed by atoms with Gasteiger partial charge in [-0.1, -0.05) is 13.8 Å². The molecule has 1 amide bonds. The van der Waals surface area contributed by atoms with Crippen molar-refractivity contribution >= 4 is 17.7 Å². The van der Waals surface area contributed by atoms with Crippen molar-refractivity contribution in [1.29, 1.82) is 0 Å². The van der Waals surface area contributed by atoms with Gasteiger partial charge in [0.1, 0.15) is 5.60 Å². The molecule has 0 bridgehead atoms. The third kappa shape index (κ3) is 7.45.